The highest BCUT2D eigenvalue weighted by Gasteiger charge is 2.46. The van der Waals surface area contributed by atoms with Gasteiger partial charge in [0, 0.05) is 6.42 Å². The molecule has 1 fully saturated rings. The Kier molecular flexibility index (Phi) is 5.32. The monoisotopic (exact) mass is 235 g/mol. The maximum Gasteiger partial charge on any atom is 0.290 e. The van der Waals surface area contributed by atoms with Crippen molar-refractivity contribution in [2.45, 2.75) is 18.4 Å². The number of alkyl halides is 2. The molecule has 0 aromatic rings. The average Bonchev–Trinajstić information content (AvgIpc) is 2.54. The van der Waals surface area contributed by atoms with Crippen molar-refractivity contribution in [3.63, 3.8) is 0 Å². The van der Waals surface area contributed by atoms with Crippen molar-refractivity contribution in [3.05, 3.63) is 0 Å². The first-order valence-corrected chi connectivity index (χ1v) is 4.26. The third-order valence-electron chi connectivity index (χ3n) is 1.91. The van der Waals surface area contributed by atoms with Crippen LogP contribution in [0.15, 0.2) is 0 Å². The molecule has 8 heteroatoms. The van der Waals surface area contributed by atoms with Crippen LogP contribution in [0.5, 0.6) is 0 Å². The maximum absolute atomic E-state index is 12.7. The highest BCUT2D eigenvalue weighted by Crippen LogP contribution is 2.31. The minimum Gasteiger partial charge on any atom is -0.483 e. The second-order valence-electron chi connectivity index (χ2n) is 3.04. The zero-order valence-electron chi connectivity index (χ0n) is 8.27. The fraction of sp³-hybridized carbons (Fsp3) is 0.625. The van der Waals surface area contributed by atoms with E-state index >= 15 is 0 Å². The van der Waals surface area contributed by atoms with Gasteiger partial charge in [-0.05, 0) is 0 Å². The molecule has 1 saturated heterocycles. The molecule has 1 heterocycles. The summed E-state index contributed by atoms with van der Waals surface area (Å²) in [6, 6.07) is 0.618. The zero-order chi connectivity index (χ0) is 12.8. The standard InChI is InChI=1S/C7H9F2N3O.CH2O2/c8-7(9)1-5(2-10)12(4-7)6(13)3-11;2-1-3/h5H,1,3-4,11H2;1H,(H,2,3)/t5-;/m0./s1. The Balaban J connectivity index is 0.000000673. The first-order chi connectivity index (χ1) is 7.41. The summed E-state index contributed by atoms with van der Waals surface area (Å²) in [6.45, 7) is -1.28. The van der Waals surface area contributed by atoms with Crippen LogP contribution in [-0.2, 0) is 9.59 Å². The van der Waals surface area contributed by atoms with E-state index in [2.05, 4.69) is 0 Å². The largest absolute Gasteiger partial charge is 0.483 e. The van der Waals surface area contributed by atoms with E-state index in [-0.39, 0.29) is 13.0 Å². The second kappa shape index (κ2) is 5.97. The number of carbonyl (C=O) groups is 2. The van der Waals surface area contributed by atoms with E-state index in [4.69, 9.17) is 20.9 Å². The van der Waals surface area contributed by atoms with Gasteiger partial charge in [0.15, 0.2) is 0 Å². The van der Waals surface area contributed by atoms with Gasteiger partial charge in [-0.1, -0.05) is 0 Å². The maximum atomic E-state index is 12.7. The van der Waals surface area contributed by atoms with Crippen LogP contribution < -0.4 is 5.73 Å². The zero-order valence-corrected chi connectivity index (χ0v) is 8.27. The number of likely N-dealkylation sites (tertiary alicyclic amines) is 1. The molecule has 90 valence electrons. The first-order valence-electron chi connectivity index (χ1n) is 4.26. The lowest BCUT2D eigenvalue weighted by molar-refractivity contribution is -0.131. The lowest BCUT2D eigenvalue weighted by Gasteiger charge is -2.17. The topological polar surface area (TPSA) is 107 Å². The van der Waals surface area contributed by atoms with Crippen LogP contribution >= 0.6 is 0 Å². The SMILES string of the molecule is N#C[C@@H]1CC(F)(F)CN1C(=O)CN.O=CO. The highest BCUT2D eigenvalue weighted by molar-refractivity contribution is 5.79. The van der Waals surface area contributed by atoms with E-state index in [1.807, 2.05) is 0 Å². The lowest BCUT2D eigenvalue weighted by Crippen LogP contribution is -2.39. The fourth-order valence-electron chi connectivity index (χ4n) is 1.31. The third kappa shape index (κ3) is 3.78. The van der Waals surface area contributed by atoms with Crippen LogP contribution in [0.3, 0.4) is 0 Å². The van der Waals surface area contributed by atoms with Crippen LogP contribution in [-0.4, -0.2) is 47.4 Å². The van der Waals surface area contributed by atoms with E-state index in [1.165, 1.54) is 0 Å². The number of hydrogen-bond acceptors (Lipinski definition) is 4. The number of nitrogens with two attached hydrogens (primary N) is 1. The molecule has 3 N–H and O–H groups in total. The molecular formula is C8H11F2N3O3. The van der Waals surface area contributed by atoms with Crippen molar-refractivity contribution in [1.29, 1.82) is 5.26 Å². The summed E-state index contributed by atoms with van der Waals surface area (Å²) in [5, 5.41) is 15.4. The first kappa shape index (κ1) is 14.2. The summed E-state index contributed by atoms with van der Waals surface area (Å²) >= 11 is 0. The molecule has 6 nitrogen and oxygen atoms in total. The van der Waals surface area contributed by atoms with Crippen LogP contribution in [0.4, 0.5) is 8.78 Å². The second-order valence-corrected chi connectivity index (χ2v) is 3.04. The number of hydrogen-bond donors (Lipinski definition) is 2. The Labute approximate surface area is 90.2 Å². The molecule has 0 spiro atoms. The molecule has 0 aromatic carbocycles. The molecular weight excluding hydrogens is 224 g/mol. The quantitative estimate of drug-likeness (QED) is 0.590. The van der Waals surface area contributed by atoms with Crippen LogP contribution in [0, 0.1) is 11.3 Å². The smallest absolute Gasteiger partial charge is 0.290 e. The summed E-state index contributed by atoms with van der Waals surface area (Å²) < 4.78 is 25.5. The molecule has 0 aliphatic carbocycles. The van der Waals surface area contributed by atoms with Gasteiger partial charge in [0.05, 0.1) is 19.2 Å². The van der Waals surface area contributed by atoms with Gasteiger partial charge in [0.25, 0.3) is 12.4 Å². The Hall–Kier alpha value is -1.75. The number of nitrogens with zero attached hydrogens (tertiary/aromatic N) is 2. The minimum absolute atomic E-state index is 0.250. The van der Waals surface area contributed by atoms with Gasteiger partial charge in [0.2, 0.25) is 5.91 Å². The van der Waals surface area contributed by atoms with E-state index in [1.54, 1.807) is 6.07 Å². The van der Waals surface area contributed by atoms with Gasteiger partial charge in [-0.3, -0.25) is 9.59 Å². The number of carbonyl (C=O) groups excluding carboxylic acids is 1. The van der Waals surface area contributed by atoms with Crippen molar-refractivity contribution in [2.75, 3.05) is 13.1 Å². The summed E-state index contributed by atoms with van der Waals surface area (Å²) in [5.74, 6) is -3.56. The molecule has 1 atom stereocenters. The predicted molar refractivity (Wildman–Crippen MR) is 48.4 cm³/mol. The average molecular weight is 235 g/mol. The fourth-order valence-corrected chi connectivity index (χ4v) is 1.31. The summed E-state index contributed by atoms with van der Waals surface area (Å²) in [6.07, 6.45) is -0.588. The summed E-state index contributed by atoms with van der Waals surface area (Å²) in [4.78, 5) is 20.2. The Morgan fingerprint density at radius 3 is 2.62 bits per heavy atom. The lowest BCUT2D eigenvalue weighted by atomic mass is 10.2. The van der Waals surface area contributed by atoms with E-state index in [9.17, 15) is 13.6 Å². The van der Waals surface area contributed by atoms with Crippen molar-refractivity contribution in [3.8, 4) is 6.07 Å². The van der Waals surface area contributed by atoms with Crippen molar-refractivity contribution in [1.82, 2.24) is 4.90 Å². The van der Waals surface area contributed by atoms with Crippen LogP contribution in [0.25, 0.3) is 0 Å². The molecule has 16 heavy (non-hydrogen) atoms. The molecule has 1 aliphatic heterocycles. The number of halogens is 2. The van der Waals surface area contributed by atoms with Crippen molar-refractivity contribution < 1.29 is 23.5 Å². The van der Waals surface area contributed by atoms with Crippen LogP contribution in [0.1, 0.15) is 6.42 Å². The highest BCUT2D eigenvalue weighted by atomic mass is 19.3. The summed E-state index contributed by atoms with van der Waals surface area (Å²) in [5.41, 5.74) is 5.01. The Bertz CT molecular complexity index is 303. The third-order valence-corrected chi connectivity index (χ3v) is 1.91. The molecule has 0 radical (unpaired) electrons. The normalized spacial score (nSPS) is 21.6. The van der Waals surface area contributed by atoms with Crippen LogP contribution in [0.2, 0.25) is 0 Å². The Morgan fingerprint density at radius 2 is 2.25 bits per heavy atom. The molecule has 1 aliphatic rings. The van der Waals surface area contributed by atoms with E-state index in [0.717, 1.165) is 4.90 Å². The van der Waals surface area contributed by atoms with Crippen molar-refractivity contribution in [2.24, 2.45) is 5.73 Å². The van der Waals surface area contributed by atoms with Crippen molar-refractivity contribution >= 4 is 12.4 Å². The van der Waals surface area contributed by atoms with E-state index < -0.39 is 30.8 Å². The van der Waals surface area contributed by atoms with Gasteiger partial charge in [0.1, 0.15) is 6.04 Å². The number of carboxylic acid groups (broad SMARTS) is 1. The predicted octanol–water partition coefficient (Wildman–Crippen LogP) is -0.594. The minimum atomic E-state index is -2.95. The van der Waals surface area contributed by atoms with Gasteiger partial charge in [-0.15, -0.1) is 0 Å². The van der Waals surface area contributed by atoms with Gasteiger partial charge in [-0.2, -0.15) is 5.26 Å². The van der Waals surface area contributed by atoms with Gasteiger partial charge in [-0.25, -0.2) is 8.78 Å². The Morgan fingerprint density at radius 1 is 1.75 bits per heavy atom. The number of rotatable bonds is 1. The molecule has 1 rings (SSSR count). The number of amides is 1. The van der Waals surface area contributed by atoms with E-state index in [0.29, 0.717) is 0 Å². The molecule has 0 aromatic heterocycles. The molecule has 0 saturated carbocycles. The molecule has 1 amide bonds. The molecule has 0 bridgehead atoms. The molecule has 0 unspecified atom stereocenters. The number of nitriles is 1. The van der Waals surface area contributed by atoms with Gasteiger partial charge >= 0.3 is 0 Å². The summed E-state index contributed by atoms with van der Waals surface area (Å²) in [7, 11) is 0. The van der Waals surface area contributed by atoms with Gasteiger partial charge < -0.3 is 15.7 Å².